The number of urea groups is 1. The van der Waals surface area contributed by atoms with Gasteiger partial charge < -0.3 is 20.5 Å². The van der Waals surface area contributed by atoms with Gasteiger partial charge in [-0.1, -0.05) is 12.1 Å². The maximum absolute atomic E-state index is 12.1. The summed E-state index contributed by atoms with van der Waals surface area (Å²) in [6.07, 6.45) is 1.08. The minimum Gasteiger partial charge on any atom is -0.388 e. The summed E-state index contributed by atoms with van der Waals surface area (Å²) in [4.78, 5) is 13.3. The number of ether oxygens (including phenoxy) is 1. The highest BCUT2D eigenvalue weighted by molar-refractivity contribution is 7.13. The first-order valence-corrected chi connectivity index (χ1v) is 8.93. The molecular formula is C18H22N2O3S. The van der Waals surface area contributed by atoms with Crippen LogP contribution in [0, 0.1) is 6.92 Å². The van der Waals surface area contributed by atoms with E-state index in [2.05, 4.69) is 29.0 Å². The Labute approximate surface area is 145 Å². The number of nitrogens with one attached hydrogen (secondary N) is 2. The van der Waals surface area contributed by atoms with Crippen molar-refractivity contribution in [3.05, 3.63) is 41.3 Å². The molecule has 24 heavy (non-hydrogen) atoms. The number of benzene rings is 1. The third-order valence-corrected chi connectivity index (χ3v) is 5.31. The molecule has 3 N–H and O–H groups in total. The highest BCUT2D eigenvalue weighted by Gasteiger charge is 2.30. The zero-order valence-corrected chi connectivity index (χ0v) is 14.5. The predicted octanol–water partition coefficient (Wildman–Crippen LogP) is 3.39. The van der Waals surface area contributed by atoms with Gasteiger partial charge in [-0.05, 0) is 41.6 Å². The zero-order chi connectivity index (χ0) is 17.0. The number of carbonyl (C=O) groups excluding carboxylic acids is 1. The quantitative estimate of drug-likeness (QED) is 0.795. The van der Waals surface area contributed by atoms with Crippen LogP contribution in [0.3, 0.4) is 0 Å². The SMILES string of the molecule is Cc1ccsc1-c1cccc(NC(=O)NCC2(O)CCOCC2)c1. The van der Waals surface area contributed by atoms with Gasteiger partial charge in [0, 0.05) is 43.2 Å². The Bertz CT molecular complexity index is 708. The van der Waals surface area contributed by atoms with Gasteiger partial charge in [-0.2, -0.15) is 0 Å². The maximum Gasteiger partial charge on any atom is 0.319 e. The van der Waals surface area contributed by atoms with E-state index in [1.807, 2.05) is 24.3 Å². The largest absolute Gasteiger partial charge is 0.388 e. The van der Waals surface area contributed by atoms with E-state index >= 15 is 0 Å². The average molecular weight is 346 g/mol. The van der Waals surface area contributed by atoms with Crippen LogP contribution in [0.25, 0.3) is 10.4 Å². The van der Waals surface area contributed by atoms with Crippen molar-refractivity contribution in [3.63, 3.8) is 0 Å². The first kappa shape index (κ1) is 17.0. The molecule has 0 saturated carbocycles. The Hall–Kier alpha value is -1.89. The molecule has 0 atom stereocenters. The minimum absolute atomic E-state index is 0.228. The normalized spacial score (nSPS) is 16.6. The van der Waals surface area contributed by atoms with E-state index in [9.17, 15) is 9.90 Å². The van der Waals surface area contributed by atoms with Crippen molar-refractivity contribution in [2.45, 2.75) is 25.4 Å². The Morgan fingerprint density at radius 3 is 2.83 bits per heavy atom. The number of hydrogen-bond donors (Lipinski definition) is 3. The van der Waals surface area contributed by atoms with Gasteiger partial charge >= 0.3 is 6.03 Å². The first-order chi connectivity index (χ1) is 11.6. The molecule has 2 aromatic rings. The van der Waals surface area contributed by atoms with Crippen molar-refractivity contribution >= 4 is 23.1 Å². The fourth-order valence-electron chi connectivity index (χ4n) is 2.75. The molecule has 1 aliphatic rings. The van der Waals surface area contributed by atoms with Gasteiger partial charge in [0.05, 0.1) is 5.60 Å². The molecule has 0 spiro atoms. The number of hydrogen-bond acceptors (Lipinski definition) is 4. The fourth-order valence-corrected chi connectivity index (χ4v) is 3.68. The van der Waals surface area contributed by atoms with Gasteiger partial charge in [-0.15, -0.1) is 11.3 Å². The lowest BCUT2D eigenvalue weighted by Crippen LogP contribution is -2.47. The van der Waals surface area contributed by atoms with Gasteiger partial charge in [0.15, 0.2) is 0 Å². The summed E-state index contributed by atoms with van der Waals surface area (Å²) in [7, 11) is 0. The van der Waals surface area contributed by atoms with Crippen LogP contribution < -0.4 is 10.6 Å². The second-order valence-electron chi connectivity index (χ2n) is 6.16. The lowest BCUT2D eigenvalue weighted by Gasteiger charge is -2.32. The third kappa shape index (κ3) is 4.14. The molecule has 2 amide bonds. The Kier molecular flexibility index (Phi) is 5.18. The number of thiophene rings is 1. The molecule has 5 nitrogen and oxygen atoms in total. The van der Waals surface area contributed by atoms with Crippen LogP contribution >= 0.6 is 11.3 Å². The van der Waals surface area contributed by atoms with Gasteiger partial charge in [0.2, 0.25) is 0 Å². The molecule has 1 fully saturated rings. The highest BCUT2D eigenvalue weighted by atomic mass is 32.1. The summed E-state index contributed by atoms with van der Waals surface area (Å²) in [5, 5.41) is 18.0. The second kappa shape index (κ2) is 7.34. The van der Waals surface area contributed by atoms with Gasteiger partial charge in [0.1, 0.15) is 0 Å². The van der Waals surface area contributed by atoms with Crippen LogP contribution in [0.1, 0.15) is 18.4 Å². The number of carbonyl (C=O) groups is 1. The molecule has 1 aliphatic heterocycles. The molecule has 0 aliphatic carbocycles. The smallest absolute Gasteiger partial charge is 0.319 e. The van der Waals surface area contributed by atoms with E-state index in [1.165, 1.54) is 10.4 Å². The Morgan fingerprint density at radius 1 is 1.33 bits per heavy atom. The number of rotatable bonds is 4. The third-order valence-electron chi connectivity index (χ3n) is 4.25. The average Bonchev–Trinajstić information content (AvgIpc) is 3.00. The van der Waals surface area contributed by atoms with E-state index in [0.717, 1.165) is 11.3 Å². The molecule has 0 bridgehead atoms. The summed E-state index contributed by atoms with van der Waals surface area (Å²) in [5.74, 6) is 0. The molecule has 1 aromatic carbocycles. The van der Waals surface area contributed by atoms with Crippen molar-refractivity contribution in [2.75, 3.05) is 25.1 Å². The number of aliphatic hydroxyl groups is 1. The monoisotopic (exact) mass is 346 g/mol. The van der Waals surface area contributed by atoms with Crippen LogP contribution in [0.15, 0.2) is 35.7 Å². The topological polar surface area (TPSA) is 70.6 Å². The predicted molar refractivity (Wildman–Crippen MR) is 96.5 cm³/mol. The van der Waals surface area contributed by atoms with E-state index in [-0.39, 0.29) is 12.6 Å². The molecule has 1 aromatic heterocycles. The first-order valence-electron chi connectivity index (χ1n) is 8.05. The highest BCUT2D eigenvalue weighted by Crippen LogP contribution is 2.30. The number of aryl methyl sites for hydroxylation is 1. The lowest BCUT2D eigenvalue weighted by molar-refractivity contribution is -0.0598. The molecule has 0 radical (unpaired) electrons. The number of anilines is 1. The van der Waals surface area contributed by atoms with E-state index < -0.39 is 5.60 Å². The van der Waals surface area contributed by atoms with Gasteiger partial charge in [-0.3, -0.25) is 0 Å². The number of amides is 2. The van der Waals surface area contributed by atoms with Crippen molar-refractivity contribution in [2.24, 2.45) is 0 Å². The maximum atomic E-state index is 12.1. The fraction of sp³-hybridized carbons (Fsp3) is 0.389. The van der Waals surface area contributed by atoms with Crippen LogP contribution in [0.4, 0.5) is 10.5 Å². The molecule has 6 heteroatoms. The second-order valence-corrected chi connectivity index (χ2v) is 7.07. The van der Waals surface area contributed by atoms with Crippen molar-refractivity contribution in [3.8, 4) is 10.4 Å². The summed E-state index contributed by atoms with van der Waals surface area (Å²) in [6.45, 7) is 3.36. The van der Waals surface area contributed by atoms with Crippen molar-refractivity contribution in [1.82, 2.24) is 5.32 Å². The summed E-state index contributed by atoms with van der Waals surface area (Å²) in [6, 6.07) is 9.55. The van der Waals surface area contributed by atoms with Gasteiger partial charge in [-0.25, -0.2) is 4.79 Å². The van der Waals surface area contributed by atoms with Crippen LogP contribution in [-0.4, -0.2) is 36.5 Å². The molecule has 1 saturated heterocycles. The Balaban J connectivity index is 1.59. The zero-order valence-electron chi connectivity index (χ0n) is 13.7. The minimum atomic E-state index is -0.870. The van der Waals surface area contributed by atoms with Crippen molar-refractivity contribution < 1.29 is 14.6 Å². The van der Waals surface area contributed by atoms with Crippen LogP contribution in [0.5, 0.6) is 0 Å². The summed E-state index contributed by atoms with van der Waals surface area (Å²) >= 11 is 1.69. The summed E-state index contributed by atoms with van der Waals surface area (Å²) < 4.78 is 5.24. The standard InChI is InChI=1S/C18H22N2O3S/c1-13-5-10-24-16(13)14-3-2-4-15(11-14)20-17(21)19-12-18(22)6-8-23-9-7-18/h2-5,10-11,22H,6-9,12H2,1H3,(H2,19,20,21). The molecule has 2 heterocycles. The van der Waals surface area contributed by atoms with Crippen LogP contribution in [-0.2, 0) is 4.74 Å². The van der Waals surface area contributed by atoms with Gasteiger partial charge in [0.25, 0.3) is 0 Å². The summed E-state index contributed by atoms with van der Waals surface area (Å²) in [5.41, 5.74) is 2.18. The van der Waals surface area contributed by atoms with E-state index in [0.29, 0.717) is 26.1 Å². The molecule has 128 valence electrons. The van der Waals surface area contributed by atoms with Crippen molar-refractivity contribution in [1.29, 1.82) is 0 Å². The van der Waals surface area contributed by atoms with Crippen LogP contribution in [0.2, 0.25) is 0 Å². The lowest BCUT2D eigenvalue weighted by atomic mass is 9.94. The van der Waals surface area contributed by atoms with E-state index in [1.54, 1.807) is 11.3 Å². The van der Waals surface area contributed by atoms with E-state index in [4.69, 9.17) is 4.74 Å². The molecular weight excluding hydrogens is 324 g/mol. The molecule has 3 rings (SSSR count). The molecule has 0 unspecified atom stereocenters. The Morgan fingerprint density at radius 2 is 2.12 bits per heavy atom.